The van der Waals surface area contributed by atoms with E-state index < -0.39 is 18.4 Å². The van der Waals surface area contributed by atoms with Gasteiger partial charge in [0.05, 0.1) is 25.4 Å². The summed E-state index contributed by atoms with van der Waals surface area (Å²) >= 11 is 0. The second-order valence-electron chi connectivity index (χ2n) is 8.12. The van der Waals surface area contributed by atoms with Crippen molar-refractivity contribution in [3.63, 3.8) is 0 Å². The first-order chi connectivity index (χ1) is 13.4. The smallest absolute Gasteiger partial charge is 0.184 e. The highest BCUT2D eigenvalue weighted by atomic mass is 16.5. The highest BCUT2D eigenvalue weighted by Gasteiger charge is 2.35. The highest BCUT2D eigenvalue weighted by molar-refractivity contribution is 5.83. The summed E-state index contributed by atoms with van der Waals surface area (Å²) in [5.41, 5.74) is 1.18. The number of fused-ring (bicyclic) bond motifs is 1. The third kappa shape index (κ3) is 4.65. The molecule has 3 rings (SSSR count). The predicted octanol–water partition coefficient (Wildman–Crippen LogP) is 1.74. The maximum Gasteiger partial charge on any atom is 0.184 e. The Balaban J connectivity index is 1.84. The number of hydrogen-bond donors (Lipinski definition) is 2. The third-order valence-electron chi connectivity index (χ3n) is 4.58. The Kier molecular flexibility index (Phi) is 6.58. The lowest BCUT2D eigenvalue weighted by molar-refractivity contribution is -0.0432. The predicted molar refractivity (Wildman–Crippen MR) is 106 cm³/mol. The summed E-state index contributed by atoms with van der Waals surface area (Å²) in [6.07, 6.45) is 3.54. The van der Waals surface area contributed by atoms with Crippen molar-refractivity contribution in [3.8, 4) is 0 Å². The molecule has 154 valence electrons. The minimum Gasteiger partial charge on any atom is -0.394 e. The van der Waals surface area contributed by atoms with Gasteiger partial charge in [0.15, 0.2) is 17.0 Å². The molecule has 0 aliphatic carbocycles. The average molecular weight is 390 g/mol. The first kappa shape index (κ1) is 20.6. The lowest BCUT2D eigenvalue weighted by atomic mass is 10.1. The number of imidazole rings is 1. The fourth-order valence-electron chi connectivity index (χ4n) is 3.44. The second kappa shape index (κ2) is 8.93. The molecule has 0 spiro atoms. The molecule has 0 saturated carbocycles. The van der Waals surface area contributed by atoms with Crippen molar-refractivity contribution in [1.82, 2.24) is 24.4 Å². The summed E-state index contributed by atoms with van der Waals surface area (Å²) < 4.78 is 7.48. The van der Waals surface area contributed by atoms with Crippen LogP contribution in [0.25, 0.3) is 11.2 Å². The Morgan fingerprint density at radius 3 is 2.57 bits per heavy atom. The van der Waals surface area contributed by atoms with Crippen LogP contribution in [-0.2, 0) is 4.74 Å². The molecule has 3 atom stereocenters. The Labute approximate surface area is 165 Å². The molecule has 0 bridgehead atoms. The topological polar surface area (TPSA) is 109 Å². The van der Waals surface area contributed by atoms with Crippen LogP contribution < -0.4 is 0 Å². The van der Waals surface area contributed by atoms with Crippen molar-refractivity contribution in [2.24, 2.45) is 16.8 Å². The zero-order valence-corrected chi connectivity index (χ0v) is 16.9. The van der Waals surface area contributed by atoms with Crippen molar-refractivity contribution in [2.75, 3.05) is 19.7 Å². The van der Waals surface area contributed by atoms with Gasteiger partial charge in [-0.25, -0.2) is 19.9 Å². The zero-order chi connectivity index (χ0) is 20.3. The Hall–Kier alpha value is -2.10. The molecule has 2 aromatic rings. The second-order valence-corrected chi connectivity index (χ2v) is 8.12. The molecule has 1 aliphatic rings. The van der Waals surface area contributed by atoms with Crippen molar-refractivity contribution in [1.29, 1.82) is 0 Å². The number of aromatic nitrogens is 4. The van der Waals surface area contributed by atoms with Crippen LogP contribution in [0.3, 0.4) is 0 Å². The van der Waals surface area contributed by atoms with E-state index in [1.165, 1.54) is 6.33 Å². The number of ether oxygens (including phenoxy) is 1. The summed E-state index contributed by atoms with van der Waals surface area (Å²) in [7, 11) is 0. The van der Waals surface area contributed by atoms with Crippen LogP contribution in [0, 0.1) is 11.8 Å². The van der Waals surface area contributed by atoms with Crippen molar-refractivity contribution >= 4 is 23.3 Å². The Bertz CT molecular complexity index is 796. The summed E-state index contributed by atoms with van der Waals surface area (Å²) in [6.45, 7) is 10.3. The van der Waals surface area contributed by atoms with Crippen LogP contribution in [-0.4, -0.2) is 72.9 Å². The molecule has 9 nitrogen and oxygen atoms in total. The first-order valence-electron chi connectivity index (χ1n) is 9.79. The van der Waals surface area contributed by atoms with Gasteiger partial charge in [-0.2, -0.15) is 0 Å². The van der Waals surface area contributed by atoms with Gasteiger partial charge in [-0.15, -0.1) is 0 Å². The summed E-state index contributed by atoms with van der Waals surface area (Å²) in [5, 5.41) is 19.3. The van der Waals surface area contributed by atoms with Crippen molar-refractivity contribution in [3.05, 3.63) is 12.7 Å². The van der Waals surface area contributed by atoms with Crippen LogP contribution in [0.15, 0.2) is 17.6 Å². The van der Waals surface area contributed by atoms with E-state index in [2.05, 4.69) is 52.5 Å². The largest absolute Gasteiger partial charge is 0.394 e. The van der Waals surface area contributed by atoms with Gasteiger partial charge >= 0.3 is 0 Å². The molecule has 2 aromatic heterocycles. The molecular formula is C19H30N6O3. The van der Waals surface area contributed by atoms with E-state index >= 15 is 0 Å². The maximum atomic E-state index is 9.99. The van der Waals surface area contributed by atoms with Crippen molar-refractivity contribution in [2.45, 2.75) is 52.6 Å². The van der Waals surface area contributed by atoms with Gasteiger partial charge in [0, 0.05) is 19.5 Å². The van der Waals surface area contributed by atoms with Gasteiger partial charge in [0.25, 0.3) is 0 Å². The molecule has 2 N–H and O–H groups in total. The van der Waals surface area contributed by atoms with Gasteiger partial charge < -0.3 is 19.8 Å². The molecular weight excluding hydrogens is 360 g/mol. The van der Waals surface area contributed by atoms with Gasteiger partial charge in [0.2, 0.25) is 0 Å². The number of hydrogen-bond acceptors (Lipinski definition) is 7. The van der Waals surface area contributed by atoms with E-state index in [1.54, 1.807) is 10.9 Å². The normalized spacial score (nSPS) is 22.9. The molecule has 1 fully saturated rings. The molecule has 28 heavy (non-hydrogen) atoms. The maximum absolute atomic E-state index is 9.99. The molecule has 3 unspecified atom stereocenters. The van der Waals surface area contributed by atoms with Crippen LogP contribution in [0.4, 0.5) is 5.82 Å². The number of rotatable bonds is 8. The minimum atomic E-state index is -0.715. The van der Waals surface area contributed by atoms with E-state index in [9.17, 15) is 10.2 Å². The fourth-order valence-corrected chi connectivity index (χ4v) is 3.44. The number of nitrogens with zero attached hydrogens (tertiary/aromatic N) is 6. The standard InChI is InChI=1S/C19H30N6O3/c1-12(2)6-24(7-13(3)4)10-23-18-17-19(21-9-20-18)25(11-22-17)16-5-14(27)15(8-26)28-16/h9-16,26-27H,5-8H2,1-4H3. The van der Waals surface area contributed by atoms with Gasteiger partial charge in [-0.3, -0.25) is 4.57 Å². The van der Waals surface area contributed by atoms with E-state index in [1.807, 2.05) is 6.34 Å². The van der Waals surface area contributed by atoms with E-state index in [0.29, 0.717) is 35.2 Å². The molecule has 1 saturated heterocycles. The summed E-state index contributed by atoms with van der Waals surface area (Å²) in [5.74, 6) is 1.55. The highest BCUT2D eigenvalue weighted by Crippen LogP contribution is 2.31. The summed E-state index contributed by atoms with van der Waals surface area (Å²) in [4.78, 5) is 19.8. The molecule has 3 heterocycles. The third-order valence-corrected chi connectivity index (χ3v) is 4.58. The van der Waals surface area contributed by atoms with E-state index in [0.717, 1.165) is 13.1 Å². The van der Waals surface area contributed by atoms with Crippen LogP contribution >= 0.6 is 0 Å². The SMILES string of the molecule is CC(C)CN(C=Nc1ncnc2c1ncn2C1CC(O)C(CO)O1)CC(C)C. The van der Waals surface area contributed by atoms with E-state index in [4.69, 9.17) is 4.74 Å². The van der Waals surface area contributed by atoms with Crippen LogP contribution in [0.2, 0.25) is 0 Å². The molecule has 0 aromatic carbocycles. The zero-order valence-electron chi connectivity index (χ0n) is 16.9. The van der Waals surface area contributed by atoms with E-state index in [-0.39, 0.29) is 6.61 Å². The number of aliphatic hydroxyl groups excluding tert-OH is 2. The lowest BCUT2D eigenvalue weighted by Gasteiger charge is -2.23. The fraction of sp³-hybridized carbons (Fsp3) is 0.684. The van der Waals surface area contributed by atoms with Crippen LogP contribution in [0.5, 0.6) is 0 Å². The quantitative estimate of drug-likeness (QED) is 0.522. The molecule has 9 heteroatoms. The van der Waals surface area contributed by atoms with Crippen LogP contribution in [0.1, 0.15) is 40.3 Å². The minimum absolute atomic E-state index is 0.226. The van der Waals surface area contributed by atoms with Crippen molar-refractivity contribution < 1.29 is 14.9 Å². The van der Waals surface area contributed by atoms with Gasteiger partial charge in [0.1, 0.15) is 18.7 Å². The molecule has 0 amide bonds. The Morgan fingerprint density at radius 2 is 1.96 bits per heavy atom. The first-order valence-corrected chi connectivity index (χ1v) is 9.79. The number of aliphatic hydroxyl groups is 2. The Morgan fingerprint density at radius 1 is 1.25 bits per heavy atom. The lowest BCUT2D eigenvalue weighted by Crippen LogP contribution is -2.30. The van der Waals surface area contributed by atoms with Gasteiger partial charge in [-0.1, -0.05) is 27.7 Å². The number of aliphatic imine (C=N–C) groups is 1. The average Bonchev–Trinajstić information content (AvgIpc) is 3.22. The molecule has 0 radical (unpaired) electrons. The van der Waals surface area contributed by atoms with Gasteiger partial charge in [-0.05, 0) is 11.8 Å². The molecule has 1 aliphatic heterocycles. The monoisotopic (exact) mass is 390 g/mol. The summed E-state index contributed by atoms with van der Waals surface area (Å²) in [6, 6.07) is 0.